The number of carbonyl (C=O) groups excluding carboxylic acids is 3. The van der Waals surface area contributed by atoms with E-state index in [1.54, 1.807) is 0 Å². The molecule has 3 aromatic carbocycles. The van der Waals surface area contributed by atoms with Gasteiger partial charge in [-0.15, -0.1) is 0 Å². The van der Waals surface area contributed by atoms with E-state index in [0.29, 0.717) is 44.6 Å². The van der Waals surface area contributed by atoms with Crippen molar-refractivity contribution in [1.29, 1.82) is 0 Å². The van der Waals surface area contributed by atoms with Crippen LogP contribution in [0.25, 0.3) is 0 Å². The minimum atomic E-state index is -1.04. The fraction of sp³-hybridized carbons (Fsp3) is 0.276. The van der Waals surface area contributed by atoms with Crippen molar-refractivity contribution in [2.45, 2.75) is 18.4 Å². The molecule has 3 aromatic rings. The Labute approximate surface area is 211 Å². The highest BCUT2D eigenvalue weighted by atomic mass is 16.2. The van der Waals surface area contributed by atoms with Gasteiger partial charge in [-0.1, -0.05) is 78.9 Å². The Kier molecular flexibility index (Phi) is 6.82. The number of hydrogen-bond acceptors (Lipinski definition) is 4. The van der Waals surface area contributed by atoms with Crippen molar-refractivity contribution in [2.75, 3.05) is 32.8 Å². The van der Waals surface area contributed by atoms with E-state index >= 15 is 0 Å². The highest BCUT2D eigenvalue weighted by Gasteiger charge is 2.51. The lowest BCUT2D eigenvalue weighted by molar-refractivity contribution is -0.133. The fourth-order valence-electron chi connectivity index (χ4n) is 5.05. The zero-order valence-corrected chi connectivity index (χ0v) is 20.2. The summed E-state index contributed by atoms with van der Waals surface area (Å²) in [5, 5.41) is 3.05. The van der Waals surface area contributed by atoms with E-state index in [9.17, 15) is 14.4 Å². The molecule has 0 aliphatic carbocycles. The maximum atomic E-state index is 13.8. The molecular formula is C29H30N4O3. The number of rotatable bonds is 7. The van der Waals surface area contributed by atoms with Crippen LogP contribution in [0.15, 0.2) is 91.0 Å². The van der Waals surface area contributed by atoms with Gasteiger partial charge in [-0.3, -0.25) is 14.5 Å². The van der Waals surface area contributed by atoms with Crippen LogP contribution in [0.2, 0.25) is 0 Å². The third kappa shape index (κ3) is 5.02. The molecule has 0 unspecified atom stereocenters. The molecule has 2 aliphatic heterocycles. The summed E-state index contributed by atoms with van der Waals surface area (Å²) in [6.07, 6.45) is 0.840. The van der Waals surface area contributed by atoms with E-state index < -0.39 is 5.54 Å². The summed E-state index contributed by atoms with van der Waals surface area (Å²) >= 11 is 0. The number of piperazine rings is 1. The Morgan fingerprint density at radius 2 is 1.22 bits per heavy atom. The molecule has 0 saturated carbocycles. The number of benzene rings is 3. The van der Waals surface area contributed by atoms with Gasteiger partial charge in [0.2, 0.25) is 0 Å². The Hall–Kier alpha value is -3.97. The molecule has 1 N–H and O–H groups in total. The molecule has 5 rings (SSSR count). The van der Waals surface area contributed by atoms with Crippen LogP contribution in [-0.2, 0) is 17.6 Å². The molecular weight excluding hydrogens is 452 g/mol. The summed E-state index contributed by atoms with van der Waals surface area (Å²) in [7, 11) is 0. The van der Waals surface area contributed by atoms with Crippen molar-refractivity contribution >= 4 is 17.8 Å². The molecule has 2 fully saturated rings. The van der Waals surface area contributed by atoms with Crippen LogP contribution >= 0.6 is 0 Å². The highest BCUT2D eigenvalue weighted by Crippen LogP contribution is 2.27. The summed E-state index contributed by atoms with van der Waals surface area (Å²) in [5.41, 5.74) is 1.63. The van der Waals surface area contributed by atoms with Gasteiger partial charge in [0.05, 0.1) is 6.67 Å². The smallest absolute Gasteiger partial charge is 0.326 e. The van der Waals surface area contributed by atoms with Crippen LogP contribution < -0.4 is 5.32 Å². The zero-order chi connectivity index (χ0) is 25.0. The normalized spacial score (nSPS) is 17.8. The number of carbonyl (C=O) groups is 3. The predicted octanol–water partition coefficient (Wildman–Crippen LogP) is 3.18. The van der Waals surface area contributed by atoms with Gasteiger partial charge in [-0.2, -0.15) is 0 Å². The molecule has 0 atom stereocenters. The number of amides is 4. The average Bonchev–Trinajstić information content (AvgIpc) is 3.14. The predicted molar refractivity (Wildman–Crippen MR) is 137 cm³/mol. The molecule has 7 nitrogen and oxygen atoms in total. The quantitative estimate of drug-likeness (QED) is 0.525. The maximum Gasteiger partial charge on any atom is 0.326 e. The number of nitrogens with zero attached hydrogens (tertiary/aromatic N) is 3. The molecule has 0 bridgehead atoms. The monoisotopic (exact) mass is 482 g/mol. The van der Waals surface area contributed by atoms with Gasteiger partial charge in [0.25, 0.3) is 11.8 Å². The van der Waals surface area contributed by atoms with Crippen LogP contribution in [0, 0.1) is 0 Å². The minimum absolute atomic E-state index is 0.00924. The van der Waals surface area contributed by atoms with E-state index in [1.807, 2.05) is 95.9 Å². The first-order valence-electron chi connectivity index (χ1n) is 12.3. The molecule has 0 radical (unpaired) electrons. The first-order valence-corrected chi connectivity index (χ1v) is 12.3. The van der Waals surface area contributed by atoms with E-state index in [-0.39, 0.29) is 24.5 Å². The topological polar surface area (TPSA) is 73.0 Å². The van der Waals surface area contributed by atoms with Crippen LogP contribution in [0.5, 0.6) is 0 Å². The minimum Gasteiger partial charge on any atom is -0.336 e. The Morgan fingerprint density at radius 1 is 0.722 bits per heavy atom. The summed E-state index contributed by atoms with van der Waals surface area (Å²) in [5.74, 6) is -0.196. The maximum absolute atomic E-state index is 13.8. The van der Waals surface area contributed by atoms with Crippen LogP contribution in [-0.4, -0.2) is 70.9 Å². The van der Waals surface area contributed by atoms with Gasteiger partial charge < -0.3 is 10.2 Å². The van der Waals surface area contributed by atoms with Crippen molar-refractivity contribution < 1.29 is 14.4 Å². The summed E-state index contributed by atoms with van der Waals surface area (Å²) in [6, 6.07) is 28.5. The summed E-state index contributed by atoms with van der Waals surface area (Å²) in [4.78, 5) is 44.9. The highest BCUT2D eigenvalue weighted by molar-refractivity contribution is 6.07. The second-order valence-electron chi connectivity index (χ2n) is 9.49. The van der Waals surface area contributed by atoms with E-state index in [1.165, 1.54) is 4.90 Å². The Bertz CT molecular complexity index is 1170. The molecule has 0 aromatic heterocycles. The average molecular weight is 483 g/mol. The van der Waals surface area contributed by atoms with Gasteiger partial charge >= 0.3 is 6.03 Å². The third-order valence-corrected chi connectivity index (χ3v) is 6.97. The second kappa shape index (κ2) is 10.3. The molecule has 2 saturated heterocycles. The van der Waals surface area contributed by atoms with E-state index in [4.69, 9.17) is 0 Å². The molecule has 2 heterocycles. The number of nitrogens with one attached hydrogen (secondary N) is 1. The van der Waals surface area contributed by atoms with Gasteiger partial charge in [0.15, 0.2) is 0 Å². The third-order valence-electron chi connectivity index (χ3n) is 6.97. The molecule has 36 heavy (non-hydrogen) atoms. The molecule has 2 aliphatic rings. The van der Waals surface area contributed by atoms with Crippen molar-refractivity contribution in [3.63, 3.8) is 0 Å². The van der Waals surface area contributed by atoms with Crippen molar-refractivity contribution in [1.82, 2.24) is 20.0 Å². The number of hydrogen-bond donors (Lipinski definition) is 1. The molecule has 4 amide bonds. The van der Waals surface area contributed by atoms with Gasteiger partial charge in [0, 0.05) is 44.6 Å². The first kappa shape index (κ1) is 23.8. The SMILES string of the molecule is O=C(c1ccccc1)N1CCN(CN2C(=O)NC(Cc3ccccc3)(Cc3ccccc3)C2=O)CC1. The lowest BCUT2D eigenvalue weighted by Gasteiger charge is -2.36. The lowest BCUT2D eigenvalue weighted by atomic mass is 9.84. The van der Waals surface area contributed by atoms with Gasteiger partial charge in [-0.05, 0) is 23.3 Å². The Balaban J connectivity index is 1.28. The molecule has 0 spiro atoms. The zero-order valence-electron chi connectivity index (χ0n) is 20.2. The summed E-state index contributed by atoms with van der Waals surface area (Å²) in [6.45, 7) is 2.51. The van der Waals surface area contributed by atoms with Crippen LogP contribution in [0.4, 0.5) is 4.79 Å². The van der Waals surface area contributed by atoms with Gasteiger partial charge in [0.1, 0.15) is 5.54 Å². The standard InChI is InChI=1S/C29H30N4O3/c34-26(25-14-8-3-9-15-25)32-18-16-31(17-19-32)22-33-27(35)29(30-28(33)36,20-23-10-4-1-5-11-23)21-24-12-6-2-7-13-24/h1-15H,16-22H2,(H,30,36). The number of urea groups is 1. The first-order chi connectivity index (χ1) is 17.5. The van der Waals surface area contributed by atoms with Crippen molar-refractivity contribution in [3.05, 3.63) is 108 Å². The summed E-state index contributed by atoms with van der Waals surface area (Å²) < 4.78 is 0. The van der Waals surface area contributed by atoms with E-state index in [2.05, 4.69) is 10.2 Å². The van der Waals surface area contributed by atoms with Crippen molar-refractivity contribution in [2.24, 2.45) is 0 Å². The largest absolute Gasteiger partial charge is 0.336 e. The second-order valence-corrected chi connectivity index (χ2v) is 9.49. The molecule has 7 heteroatoms. The number of imide groups is 1. The van der Waals surface area contributed by atoms with Crippen LogP contribution in [0.3, 0.4) is 0 Å². The Morgan fingerprint density at radius 3 is 1.75 bits per heavy atom. The molecule has 184 valence electrons. The van der Waals surface area contributed by atoms with Crippen molar-refractivity contribution in [3.8, 4) is 0 Å². The lowest BCUT2D eigenvalue weighted by Crippen LogP contribution is -2.54. The van der Waals surface area contributed by atoms with Crippen LogP contribution in [0.1, 0.15) is 21.5 Å². The van der Waals surface area contributed by atoms with Gasteiger partial charge in [-0.25, -0.2) is 9.69 Å². The van der Waals surface area contributed by atoms with E-state index in [0.717, 1.165) is 11.1 Å². The fourth-order valence-corrected chi connectivity index (χ4v) is 5.05.